The molecule has 1 N–H and O–H groups in total. The summed E-state index contributed by atoms with van der Waals surface area (Å²) >= 11 is 1.39. The molecule has 0 saturated carbocycles. The number of carbonyl (C=O) groups is 1. The lowest BCUT2D eigenvalue weighted by Gasteiger charge is -2.03. The molecule has 0 spiro atoms. The van der Waals surface area contributed by atoms with Crippen LogP contribution in [0.1, 0.15) is 30.3 Å². The Morgan fingerprint density at radius 1 is 1.62 bits per heavy atom. The van der Waals surface area contributed by atoms with Gasteiger partial charge < -0.3 is 9.94 Å². The number of oxime groups is 1. The molecular weight excluding hydrogens is 228 g/mol. The van der Waals surface area contributed by atoms with Gasteiger partial charge in [-0.25, -0.2) is 4.98 Å². The van der Waals surface area contributed by atoms with E-state index in [1.165, 1.54) is 11.3 Å². The zero-order valence-electron chi connectivity index (χ0n) is 9.27. The summed E-state index contributed by atoms with van der Waals surface area (Å²) in [7, 11) is 0. The predicted molar refractivity (Wildman–Crippen MR) is 61.0 cm³/mol. The van der Waals surface area contributed by atoms with Crippen molar-refractivity contribution in [2.24, 2.45) is 5.16 Å². The van der Waals surface area contributed by atoms with Crippen molar-refractivity contribution in [2.75, 3.05) is 6.61 Å². The second kappa shape index (κ2) is 6.22. The van der Waals surface area contributed by atoms with E-state index in [-0.39, 0.29) is 12.4 Å². The van der Waals surface area contributed by atoms with Crippen molar-refractivity contribution in [2.45, 2.75) is 26.7 Å². The number of hydrogen-bond donors (Lipinski definition) is 1. The highest BCUT2D eigenvalue weighted by Crippen LogP contribution is 2.16. The summed E-state index contributed by atoms with van der Waals surface area (Å²) in [6.45, 7) is 3.96. The first-order valence-corrected chi connectivity index (χ1v) is 5.84. The lowest BCUT2D eigenvalue weighted by molar-refractivity contribution is -0.142. The first kappa shape index (κ1) is 12.6. The molecule has 0 amide bonds. The predicted octanol–water partition coefficient (Wildman–Crippen LogP) is 1.97. The van der Waals surface area contributed by atoms with Gasteiger partial charge in [0.15, 0.2) is 0 Å². The van der Waals surface area contributed by atoms with Gasteiger partial charge >= 0.3 is 5.97 Å². The van der Waals surface area contributed by atoms with E-state index in [0.717, 1.165) is 10.6 Å². The monoisotopic (exact) mass is 242 g/mol. The summed E-state index contributed by atoms with van der Waals surface area (Å²) in [5.74, 6) is -0.286. The first-order chi connectivity index (χ1) is 7.69. The lowest BCUT2D eigenvalue weighted by atomic mass is 10.1. The van der Waals surface area contributed by atoms with Crippen molar-refractivity contribution in [3.63, 3.8) is 0 Å². The molecular formula is C10H14N2O3S. The molecule has 0 radical (unpaired) electrons. The molecule has 0 bridgehead atoms. The highest BCUT2D eigenvalue weighted by Gasteiger charge is 2.12. The Balaban J connectivity index is 2.58. The summed E-state index contributed by atoms with van der Waals surface area (Å²) in [5, 5.41) is 12.1. The van der Waals surface area contributed by atoms with Crippen molar-refractivity contribution in [1.82, 2.24) is 4.98 Å². The lowest BCUT2D eigenvalue weighted by Crippen LogP contribution is -2.08. The smallest absolute Gasteiger partial charge is 0.306 e. The fourth-order valence-electron chi connectivity index (χ4n) is 1.24. The van der Waals surface area contributed by atoms with Crippen LogP contribution >= 0.6 is 11.3 Å². The summed E-state index contributed by atoms with van der Waals surface area (Å²) < 4.78 is 4.80. The quantitative estimate of drug-likeness (QED) is 0.371. The molecule has 1 rings (SSSR count). The fraction of sp³-hybridized carbons (Fsp3) is 0.500. The Morgan fingerprint density at radius 3 is 2.88 bits per heavy atom. The molecule has 6 heteroatoms. The van der Waals surface area contributed by atoms with Crippen LogP contribution < -0.4 is 0 Å². The van der Waals surface area contributed by atoms with Gasteiger partial charge in [-0.1, -0.05) is 5.16 Å². The van der Waals surface area contributed by atoms with E-state index < -0.39 is 0 Å². The van der Waals surface area contributed by atoms with Gasteiger partial charge in [-0.05, 0) is 13.8 Å². The van der Waals surface area contributed by atoms with E-state index in [4.69, 9.17) is 9.94 Å². The Hall–Kier alpha value is -1.43. The third kappa shape index (κ3) is 3.30. The average Bonchev–Trinajstić information content (AvgIpc) is 2.66. The van der Waals surface area contributed by atoms with Crippen LogP contribution in [0.15, 0.2) is 10.7 Å². The number of aryl methyl sites for hydroxylation is 1. The average molecular weight is 242 g/mol. The number of nitrogens with zero attached hydrogens (tertiary/aromatic N) is 2. The highest BCUT2D eigenvalue weighted by molar-refractivity contribution is 7.12. The topological polar surface area (TPSA) is 71.8 Å². The molecule has 1 aromatic rings. The standard InChI is InChI=1S/C10H14N2O3S/c1-3-15-9(13)5-4-8(12-14)10-7(2)11-6-16-10/h6,14H,3-5H2,1-2H3. The molecule has 0 aromatic carbocycles. The largest absolute Gasteiger partial charge is 0.466 e. The molecule has 0 aliphatic rings. The van der Waals surface area contributed by atoms with E-state index in [1.807, 2.05) is 6.92 Å². The van der Waals surface area contributed by atoms with Crippen LogP contribution in [-0.2, 0) is 9.53 Å². The Morgan fingerprint density at radius 2 is 2.38 bits per heavy atom. The SMILES string of the molecule is CCOC(=O)CCC(=NO)c1scnc1C. The third-order valence-corrected chi connectivity index (χ3v) is 2.98. The van der Waals surface area contributed by atoms with E-state index >= 15 is 0 Å². The van der Waals surface area contributed by atoms with E-state index in [1.54, 1.807) is 12.4 Å². The number of hydrogen-bond acceptors (Lipinski definition) is 6. The van der Waals surface area contributed by atoms with Gasteiger partial charge in [0.25, 0.3) is 0 Å². The van der Waals surface area contributed by atoms with E-state index in [2.05, 4.69) is 10.1 Å². The number of thiazole rings is 1. The van der Waals surface area contributed by atoms with Crippen molar-refractivity contribution < 1.29 is 14.7 Å². The van der Waals surface area contributed by atoms with Gasteiger partial charge in [0.2, 0.25) is 0 Å². The summed E-state index contributed by atoms with van der Waals surface area (Å²) in [6.07, 6.45) is 0.572. The van der Waals surface area contributed by atoms with Crippen LogP contribution in [0.5, 0.6) is 0 Å². The van der Waals surface area contributed by atoms with Crippen LogP contribution in [-0.4, -0.2) is 28.5 Å². The van der Waals surface area contributed by atoms with Crippen molar-refractivity contribution >= 4 is 23.0 Å². The maximum atomic E-state index is 11.1. The maximum absolute atomic E-state index is 11.1. The minimum absolute atomic E-state index is 0.213. The van der Waals surface area contributed by atoms with Gasteiger partial charge in [-0.2, -0.15) is 0 Å². The molecule has 5 nitrogen and oxygen atoms in total. The minimum Gasteiger partial charge on any atom is -0.466 e. The van der Waals surface area contributed by atoms with Crippen LogP contribution in [0, 0.1) is 6.92 Å². The molecule has 0 aliphatic carbocycles. The molecule has 1 aromatic heterocycles. The molecule has 0 unspecified atom stereocenters. The number of carbonyl (C=O) groups excluding carboxylic acids is 1. The third-order valence-electron chi connectivity index (χ3n) is 2.00. The van der Waals surface area contributed by atoms with E-state index in [9.17, 15) is 4.79 Å². The summed E-state index contributed by atoms with van der Waals surface area (Å²) in [5.41, 5.74) is 2.97. The second-order valence-electron chi connectivity index (χ2n) is 3.12. The molecule has 16 heavy (non-hydrogen) atoms. The normalized spacial score (nSPS) is 11.5. The van der Waals surface area contributed by atoms with Crippen molar-refractivity contribution in [3.8, 4) is 0 Å². The van der Waals surface area contributed by atoms with E-state index in [0.29, 0.717) is 18.7 Å². The molecule has 1 heterocycles. The van der Waals surface area contributed by atoms with Gasteiger partial charge in [0.1, 0.15) is 0 Å². The van der Waals surface area contributed by atoms with Gasteiger partial charge in [0, 0.05) is 6.42 Å². The van der Waals surface area contributed by atoms with Crippen molar-refractivity contribution in [1.29, 1.82) is 0 Å². The number of rotatable bonds is 5. The Labute approximate surface area is 97.8 Å². The number of aromatic nitrogens is 1. The van der Waals surface area contributed by atoms with Crippen LogP contribution in [0.3, 0.4) is 0 Å². The zero-order valence-corrected chi connectivity index (χ0v) is 10.1. The number of ether oxygens (including phenoxy) is 1. The van der Waals surface area contributed by atoms with Crippen LogP contribution in [0.4, 0.5) is 0 Å². The number of esters is 1. The minimum atomic E-state index is -0.286. The maximum Gasteiger partial charge on any atom is 0.306 e. The zero-order chi connectivity index (χ0) is 12.0. The van der Waals surface area contributed by atoms with Crippen molar-refractivity contribution in [3.05, 3.63) is 16.1 Å². The fourth-order valence-corrected chi connectivity index (χ4v) is 2.06. The van der Waals surface area contributed by atoms with Crippen LogP contribution in [0.25, 0.3) is 0 Å². The van der Waals surface area contributed by atoms with Gasteiger partial charge in [-0.15, -0.1) is 11.3 Å². The van der Waals surface area contributed by atoms with Gasteiger partial charge in [-0.3, -0.25) is 4.79 Å². The molecule has 0 atom stereocenters. The second-order valence-corrected chi connectivity index (χ2v) is 3.97. The molecule has 0 saturated heterocycles. The molecule has 0 aliphatic heterocycles. The molecule has 88 valence electrons. The summed E-state index contributed by atoms with van der Waals surface area (Å²) in [6, 6.07) is 0. The Bertz CT molecular complexity index is 387. The highest BCUT2D eigenvalue weighted by atomic mass is 32.1. The molecule has 0 fully saturated rings. The Kier molecular flexibility index (Phi) is 4.91. The summed E-state index contributed by atoms with van der Waals surface area (Å²) in [4.78, 5) is 16.0. The first-order valence-electron chi connectivity index (χ1n) is 4.96. The van der Waals surface area contributed by atoms with Gasteiger partial charge in [0.05, 0.1) is 34.8 Å². The van der Waals surface area contributed by atoms with Crippen LogP contribution in [0.2, 0.25) is 0 Å².